The van der Waals surface area contributed by atoms with Gasteiger partial charge < -0.3 is 15.4 Å². The van der Waals surface area contributed by atoms with Gasteiger partial charge in [-0.3, -0.25) is 4.79 Å². The molecule has 0 aliphatic rings. The maximum absolute atomic E-state index is 12.3. The first-order valence-electron chi connectivity index (χ1n) is 6.72. The summed E-state index contributed by atoms with van der Waals surface area (Å²) < 4.78 is 29.1. The lowest BCUT2D eigenvalue weighted by Crippen LogP contribution is -2.40. The van der Waals surface area contributed by atoms with Gasteiger partial charge in [0.25, 0.3) is 0 Å². The number of carbonyl (C=O) groups is 1. The summed E-state index contributed by atoms with van der Waals surface area (Å²) in [6.45, 7) is 1.97. The van der Waals surface area contributed by atoms with Crippen molar-refractivity contribution in [2.24, 2.45) is 11.1 Å². The van der Waals surface area contributed by atoms with E-state index in [-0.39, 0.29) is 35.9 Å². The zero-order chi connectivity index (χ0) is 16.0. The lowest BCUT2D eigenvalue weighted by atomic mass is 9.93. The number of hydrogen-bond acceptors (Lipinski definition) is 3. The SMILES string of the molecule is CN(CC(C)(C)CN)C(=O)Cc1ccccc1OC(F)F.Cl. The number of carbonyl (C=O) groups excluding carboxylic acids is 1. The number of amides is 1. The molecule has 1 aromatic carbocycles. The second-order valence-electron chi connectivity index (χ2n) is 5.78. The first-order valence-corrected chi connectivity index (χ1v) is 6.72. The molecule has 0 heterocycles. The highest BCUT2D eigenvalue weighted by Gasteiger charge is 2.22. The molecule has 4 nitrogen and oxygen atoms in total. The Hall–Kier alpha value is -1.40. The van der Waals surface area contributed by atoms with Crippen LogP contribution in [-0.4, -0.2) is 37.6 Å². The van der Waals surface area contributed by atoms with E-state index >= 15 is 0 Å². The molecule has 7 heteroatoms. The quantitative estimate of drug-likeness (QED) is 0.833. The fourth-order valence-corrected chi connectivity index (χ4v) is 1.95. The number of likely N-dealkylation sites (N-methyl/N-ethyl adjacent to an activating group) is 1. The molecule has 1 amide bonds. The average molecular weight is 337 g/mol. The molecule has 0 spiro atoms. The molecule has 0 atom stereocenters. The van der Waals surface area contributed by atoms with Crippen molar-refractivity contribution in [1.82, 2.24) is 4.90 Å². The number of benzene rings is 1. The second kappa shape index (κ2) is 8.90. The number of ether oxygens (including phenoxy) is 1. The minimum absolute atomic E-state index is 0. The summed E-state index contributed by atoms with van der Waals surface area (Å²) >= 11 is 0. The van der Waals surface area contributed by atoms with Crippen molar-refractivity contribution in [2.75, 3.05) is 20.1 Å². The van der Waals surface area contributed by atoms with Crippen molar-refractivity contribution in [2.45, 2.75) is 26.9 Å². The summed E-state index contributed by atoms with van der Waals surface area (Å²) in [6, 6.07) is 6.31. The monoisotopic (exact) mass is 336 g/mol. The summed E-state index contributed by atoms with van der Waals surface area (Å²) in [7, 11) is 1.68. The van der Waals surface area contributed by atoms with Crippen LogP contribution in [0, 0.1) is 5.41 Å². The molecule has 0 aromatic heterocycles. The molecular formula is C15H23ClF2N2O2. The zero-order valence-corrected chi connectivity index (χ0v) is 13.8. The molecule has 0 saturated heterocycles. The van der Waals surface area contributed by atoms with Gasteiger partial charge in [0, 0.05) is 19.2 Å². The molecule has 0 unspecified atom stereocenters. The van der Waals surface area contributed by atoms with Gasteiger partial charge in [-0.1, -0.05) is 32.0 Å². The average Bonchev–Trinajstić information content (AvgIpc) is 2.40. The molecule has 0 bridgehead atoms. The number of nitrogens with two attached hydrogens (primary N) is 1. The molecule has 0 fully saturated rings. The Morgan fingerprint density at radius 2 is 1.95 bits per heavy atom. The van der Waals surface area contributed by atoms with Gasteiger partial charge in [-0.25, -0.2) is 0 Å². The normalized spacial score (nSPS) is 11.0. The Kier molecular flexibility index (Phi) is 8.34. The Labute approximate surface area is 136 Å². The van der Waals surface area contributed by atoms with E-state index in [1.807, 2.05) is 13.8 Å². The van der Waals surface area contributed by atoms with Gasteiger partial charge in [-0.2, -0.15) is 8.78 Å². The molecule has 0 aliphatic heterocycles. The zero-order valence-electron chi connectivity index (χ0n) is 13.0. The molecule has 22 heavy (non-hydrogen) atoms. The molecule has 0 saturated carbocycles. The van der Waals surface area contributed by atoms with Crippen molar-refractivity contribution in [3.05, 3.63) is 29.8 Å². The largest absolute Gasteiger partial charge is 0.435 e. The van der Waals surface area contributed by atoms with Crippen molar-refractivity contribution in [3.63, 3.8) is 0 Å². The molecule has 1 aromatic rings. The van der Waals surface area contributed by atoms with Gasteiger partial charge in [0.2, 0.25) is 5.91 Å². The minimum Gasteiger partial charge on any atom is -0.435 e. The number of halogens is 3. The lowest BCUT2D eigenvalue weighted by Gasteiger charge is -2.29. The van der Waals surface area contributed by atoms with E-state index in [1.165, 1.54) is 6.07 Å². The Morgan fingerprint density at radius 3 is 2.50 bits per heavy atom. The highest BCUT2D eigenvalue weighted by atomic mass is 35.5. The van der Waals surface area contributed by atoms with Crippen LogP contribution >= 0.6 is 12.4 Å². The standard InChI is InChI=1S/C15H22F2N2O2.ClH/c1-15(2,9-18)10-19(3)13(20)8-11-6-4-5-7-12(11)21-14(16)17;/h4-7,14H,8-10,18H2,1-3H3;1H. The number of rotatable bonds is 7. The van der Waals surface area contributed by atoms with Crippen LogP contribution in [0.1, 0.15) is 19.4 Å². The summed E-state index contributed by atoms with van der Waals surface area (Å²) in [5.74, 6) is -0.130. The highest BCUT2D eigenvalue weighted by Crippen LogP contribution is 2.22. The third-order valence-electron chi connectivity index (χ3n) is 3.17. The van der Waals surface area contributed by atoms with Gasteiger partial charge in [-0.05, 0) is 18.0 Å². The Morgan fingerprint density at radius 1 is 1.36 bits per heavy atom. The summed E-state index contributed by atoms with van der Waals surface area (Å²) in [5.41, 5.74) is 5.90. The summed E-state index contributed by atoms with van der Waals surface area (Å²) in [6.07, 6.45) is 0.0139. The van der Waals surface area contributed by atoms with Crippen molar-refractivity contribution >= 4 is 18.3 Å². The van der Waals surface area contributed by atoms with Gasteiger partial charge in [0.05, 0.1) is 6.42 Å². The van der Waals surface area contributed by atoms with Crippen molar-refractivity contribution < 1.29 is 18.3 Å². The van der Waals surface area contributed by atoms with E-state index in [4.69, 9.17) is 5.73 Å². The Balaban J connectivity index is 0.00000441. The van der Waals surface area contributed by atoms with Crippen LogP contribution in [0.4, 0.5) is 8.78 Å². The highest BCUT2D eigenvalue weighted by molar-refractivity contribution is 5.85. The first kappa shape index (κ1) is 20.6. The van der Waals surface area contributed by atoms with Crippen LogP contribution in [0.25, 0.3) is 0 Å². The van der Waals surface area contributed by atoms with E-state index in [2.05, 4.69) is 4.74 Å². The maximum atomic E-state index is 12.3. The minimum atomic E-state index is -2.91. The van der Waals surface area contributed by atoms with Crippen LogP contribution in [0.15, 0.2) is 24.3 Å². The molecule has 126 valence electrons. The first-order chi connectivity index (χ1) is 9.75. The van der Waals surface area contributed by atoms with Crippen molar-refractivity contribution in [3.8, 4) is 5.75 Å². The van der Waals surface area contributed by atoms with Crippen LogP contribution < -0.4 is 10.5 Å². The van der Waals surface area contributed by atoms with Gasteiger partial charge in [0.1, 0.15) is 5.75 Å². The Bertz CT molecular complexity index is 484. The number of alkyl halides is 2. The lowest BCUT2D eigenvalue weighted by molar-refractivity contribution is -0.130. The molecule has 1 rings (SSSR count). The summed E-state index contributed by atoms with van der Waals surface area (Å²) in [4.78, 5) is 13.7. The number of nitrogens with zero attached hydrogens (tertiary/aromatic N) is 1. The van der Waals surface area contributed by atoms with E-state index in [0.717, 1.165) is 0 Å². The van der Waals surface area contributed by atoms with Crippen LogP contribution in [-0.2, 0) is 11.2 Å². The van der Waals surface area contributed by atoms with Crippen molar-refractivity contribution in [1.29, 1.82) is 0 Å². The number of para-hydroxylation sites is 1. The van der Waals surface area contributed by atoms with Crippen LogP contribution in [0.3, 0.4) is 0 Å². The predicted molar refractivity (Wildman–Crippen MR) is 84.5 cm³/mol. The van der Waals surface area contributed by atoms with Gasteiger partial charge >= 0.3 is 6.61 Å². The van der Waals surface area contributed by atoms with E-state index < -0.39 is 6.61 Å². The number of hydrogen-bond donors (Lipinski definition) is 1. The van der Waals surface area contributed by atoms with E-state index in [0.29, 0.717) is 18.7 Å². The van der Waals surface area contributed by atoms with Crippen LogP contribution in [0.2, 0.25) is 0 Å². The smallest absolute Gasteiger partial charge is 0.387 e. The topological polar surface area (TPSA) is 55.6 Å². The fourth-order valence-electron chi connectivity index (χ4n) is 1.95. The fraction of sp³-hybridized carbons (Fsp3) is 0.533. The van der Waals surface area contributed by atoms with E-state index in [9.17, 15) is 13.6 Å². The predicted octanol–water partition coefficient (Wildman–Crippen LogP) is 2.70. The van der Waals surface area contributed by atoms with E-state index in [1.54, 1.807) is 30.1 Å². The van der Waals surface area contributed by atoms with Gasteiger partial charge in [0.15, 0.2) is 0 Å². The molecule has 0 aliphatic carbocycles. The molecular weight excluding hydrogens is 314 g/mol. The summed E-state index contributed by atoms with van der Waals surface area (Å²) in [5, 5.41) is 0. The third kappa shape index (κ3) is 6.58. The molecule has 2 N–H and O–H groups in total. The second-order valence-corrected chi connectivity index (χ2v) is 5.78. The van der Waals surface area contributed by atoms with Crippen LogP contribution in [0.5, 0.6) is 5.75 Å². The van der Waals surface area contributed by atoms with Gasteiger partial charge in [-0.15, -0.1) is 12.4 Å². The maximum Gasteiger partial charge on any atom is 0.387 e. The third-order valence-corrected chi connectivity index (χ3v) is 3.17. The molecule has 0 radical (unpaired) electrons.